The summed E-state index contributed by atoms with van der Waals surface area (Å²) in [4.78, 5) is 11.5. The number of carbonyl (C=O) groups is 1. The first-order valence-electron chi connectivity index (χ1n) is 3.86. The third-order valence-electron chi connectivity index (χ3n) is 1.60. The van der Waals surface area contributed by atoms with E-state index >= 15 is 0 Å². The van der Waals surface area contributed by atoms with Crippen LogP contribution in [0.2, 0.25) is 0 Å². The van der Waals surface area contributed by atoms with Crippen LogP contribution in [-0.4, -0.2) is 22.8 Å². The largest absolute Gasteiger partial charge is 0.350 e. The quantitative estimate of drug-likeness (QED) is 0.795. The zero-order chi connectivity index (χ0) is 9.84. The second-order valence-corrected chi connectivity index (χ2v) is 4.00. The molecule has 1 heterocycles. The maximum absolute atomic E-state index is 11.5. The van der Waals surface area contributed by atoms with Crippen LogP contribution in [0.3, 0.4) is 0 Å². The number of thiol groups is 1. The number of aromatic nitrogens is 1. The number of aryl methyl sites for hydroxylation is 1. The third-order valence-corrected chi connectivity index (χ3v) is 2.26. The first-order valence-corrected chi connectivity index (χ1v) is 5.28. The van der Waals surface area contributed by atoms with Gasteiger partial charge in [0.2, 0.25) is 0 Å². The maximum atomic E-state index is 11.5. The van der Waals surface area contributed by atoms with Gasteiger partial charge < -0.3 is 9.88 Å². The Morgan fingerprint density at radius 1 is 1.77 bits per heavy atom. The number of halogens is 1. The van der Waals surface area contributed by atoms with Gasteiger partial charge in [-0.05, 0) is 22.0 Å². The molecular formula is C8H11BrN2OS. The van der Waals surface area contributed by atoms with Gasteiger partial charge in [-0.15, -0.1) is 0 Å². The first-order chi connectivity index (χ1) is 6.15. The molecule has 72 valence electrons. The number of nitrogens with one attached hydrogen (secondary N) is 1. The van der Waals surface area contributed by atoms with Crippen molar-refractivity contribution in [2.75, 3.05) is 12.3 Å². The standard InChI is InChI=1S/C8H11BrN2OS/c1-11-5-6(9)4-7(11)8(12)10-2-3-13/h4-5,13H,2-3H2,1H3,(H,10,12). The average molecular weight is 263 g/mol. The lowest BCUT2D eigenvalue weighted by Gasteiger charge is -2.03. The lowest BCUT2D eigenvalue weighted by Crippen LogP contribution is -2.26. The monoisotopic (exact) mass is 262 g/mol. The summed E-state index contributed by atoms with van der Waals surface area (Å²) in [5.74, 6) is 0.583. The van der Waals surface area contributed by atoms with Crippen molar-refractivity contribution in [2.45, 2.75) is 0 Å². The van der Waals surface area contributed by atoms with Crippen LogP contribution in [0.25, 0.3) is 0 Å². The molecule has 0 aliphatic carbocycles. The summed E-state index contributed by atoms with van der Waals surface area (Å²) in [6.07, 6.45) is 1.84. The molecule has 0 fully saturated rings. The summed E-state index contributed by atoms with van der Waals surface area (Å²) < 4.78 is 2.68. The molecule has 0 saturated carbocycles. The van der Waals surface area contributed by atoms with Gasteiger partial charge >= 0.3 is 0 Å². The van der Waals surface area contributed by atoms with E-state index in [4.69, 9.17) is 0 Å². The molecular weight excluding hydrogens is 252 g/mol. The highest BCUT2D eigenvalue weighted by molar-refractivity contribution is 9.10. The molecule has 5 heteroatoms. The summed E-state index contributed by atoms with van der Waals surface area (Å²) in [5.41, 5.74) is 0.647. The summed E-state index contributed by atoms with van der Waals surface area (Å²) >= 11 is 7.31. The van der Waals surface area contributed by atoms with Gasteiger partial charge in [0.25, 0.3) is 5.91 Å². The van der Waals surface area contributed by atoms with E-state index in [9.17, 15) is 4.79 Å². The van der Waals surface area contributed by atoms with Gasteiger partial charge in [0.05, 0.1) is 0 Å². The van der Waals surface area contributed by atoms with E-state index < -0.39 is 0 Å². The number of hydrogen-bond acceptors (Lipinski definition) is 2. The van der Waals surface area contributed by atoms with Crippen LogP contribution in [-0.2, 0) is 7.05 Å². The molecule has 1 aromatic heterocycles. The predicted molar refractivity (Wildman–Crippen MR) is 59.3 cm³/mol. The van der Waals surface area contributed by atoms with E-state index in [1.165, 1.54) is 0 Å². The minimum atomic E-state index is -0.0674. The van der Waals surface area contributed by atoms with E-state index in [2.05, 4.69) is 33.9 Å². The second kappa shape index (κ2) is 4.72. The predicted octanol–water partition coefficient (Wildman–Crippen LogP) is 1.45. The molecule has 1 aromatic rings. The van der Waals surface area contributed by atoms with Crippen molar-refractivity contribution in [2.24, 2.45) is 7.05 Å². The van der Waals surface area contributed by atoms with Crippen LogP contribution in [0.15, 0.2) is 16.7 Å². The minimum Gasteiger partial charge on any atom is -0.350 e. The van der Waals surface area contributed by atoms with Gasteiger partial charge in [-0.25, -0.2) is 0 Å². The Balaban J connectivity index is 2.70. The molecule has 0 atom stereocenters. The lowest BCUT2D eigenvalue weighted by atomic mass is 10.4. The van der Waals surface area contributed by atoms with Crippen molar-refractivity contribution < 1.29 is 4.79 Å². The van der Waals surface area contributed by atoms with Crippen LogP contribution in [0, 0.1) is 0 Å². The summed E-state index contributed by atoms with van der Waals surface area (Å²) in [6.45, 7) is 0.588. The minimum absolute atomic E-state index is 0.0674. The number of hydrogen-bond donors (Lipinski definition) is 2. The Labute approximate surface area is 91.0 Å². The molecule has 3 nitrogen and oxygen atoms in total. The Hall–Kier alpha value is -0.420. The van der Waals surface area contributed by atoms with E-state index in [1.54, 1.807) is 10.6 Å². The lowest BCUT2D eigenvalue weighted by molar-refractivity contribution is 0.0948. The molecule has 1 N–H and O–H groups in total. The van der Waals surface area contributed by atoms with Gasteiger partial charge in [-0.1, -0.05) is 0 Å². The van der Waals surface area contributed by atoms with Crippen LogP contribution in [0.4, 0.5) is 0 Å². The third kappa shape index (κ3) is 2.77. The van der Waals surface area contributed by atoms with Crippen molar-refractivity contribution in [3.63, 3.8) is 0 Å². The molecule has 13 heavy (non-hydrogen) atoms. The van der Waals surface area contributed by atoms with Gasteiger partial charge in [0.15, 0.2) is 0 Å². The molecule has 0 aromatic carbocycles. The Morgan fingerprint density at radius 2 is 2.46 bits per heavy atom. The normalized spacial score (nSPS) is 10.1. The Kier molecular flexibility index (Phi) is 3.87. The van der Waals surface area contributed by atoms with Crippen LogP contribution in [0.5, 0.6) is 0 Å². The molecule has 0 saturated heterocycles. The van der Waals surface area contributed by atoms with Crippen LogP contribution >= 0.6 is 28.6 Å². The molecule has 0 aliphatic rings. The van der Waals surface area contributed by atoms with Gasteiger partial charge in [0, 0.05) is 30.0 Å². The smallest absolute Gasteiger partial charge is 0.267 e. The van der Waals surface area contributed by atoms with Gasteiger partial charge in [-0.3, -0.25) is 4.79 Å². The topological polar surface area (TPSA) is 34.0 Å². The molecule has 0 unspecified atom stereocenters. The Morgan fingerprint density at radius 3 is 2.92 bits per heavy atom. The molecule has 0 radical (unpaired) electrons. The van der Waals surface area contributed by atoms with Crippen molar-refractivity contribution >= 4 is 34.5 Å². The molecule has 0 spiro atoms. The van der Waals surface area contributed by atoms with Gasteiger partial charge in [0.1, 0.15) is 5.69 Å². The molecule has 1 rings (SSSR count). The number of rotatable bonds is 3. The number of carbonyl (C=O) groups excluding carboxylic acids is 1. The zero-order valence-corrected chi connectivity index (χ0v) is 9.73. The van der Waals surface area contributed by atoms with Gasteiger partial charge in [-0.2, -0.15) is 12.6 Å². The molecule has 0 bridgehead atoms. The SMILES string of the molecule is Cn1cc(Br)cc1C(=O)NCCS. The number of amides is 1. The summed E-state index contributed by atoms with van der Waals surface area (Å²) in [6, 6.07) is 1.79. The molecule has 0 aliphatic heterocycles. The highest BCUT2D eigenvalue weighted by atomic mass is 79.9. The van der Waals surface area contributed by atoms with Crippen molar-refractivity contribution in [1.82, 2.24) is 9.88 Å². The van der Waals surface area contributed by atoms with Crippen molar-refractivity contribution in [1.29, 1.82) is 0 Å². The van der Waals surface area contributed by atoms with Crippen molar-refractivity contribution in [3.05, 3.63) is 22.4 Å². The van der Waals surface area contributed by atoms with Crippen LogP contribution in [0.1, 0.15) is 10.5 Å². The number of nitrogens with zero attached hydrogens (tertiary/aromatic N) is 1. The first kappa shape index (κ1) is 10.7. The fraction of sp³-hybridized carbons (Fsp3) is 0.375. The van der Waals surface area contributed by atoms with E-state index in [0.717, 1.165) is 4.47 Å². The van der Waals surface area contributed by atoms with Crippen molar-refractivity contribution in [3.8, 4) is 0 Å². The highest BCUT2D eigenvalue weighted by Gasteiger charge is 2.09. The van der Waals surface area contributed by atoms with E-state index in [-0.39, 0.29) is 5.91 Å². The van der Waals surface area contributed by atoms with Crippen LogP contribution < -0.4 is 5.32 Å². The summed E-state index contributed by atoms with van der Waals surface area (Å²) in [7, 11) is 1.83. The van der Waals surface area contributed by atoms with E-state index in [1.807, 2.05) is 13.2 Å². The maximum Gasteiger partial charge on any atom is 0.267 e. The highest BCUT2D eigenvalue weighted by Crippen LogP contribution is 2.13. The zero-order valence-electron chi connectivity index (χ0n) is 7.25. The molecule has 1 amide bonds. The Bertz CT molecular complexity index is 311. The van der Waals surface area contributed by atoms with E-state index in [0.29, 0.717) is 18.0 Å². The average Bonchev–Trinajstić information content (AvgIpc) is 2.41. The fourth-order valence-electron chi connectivity index (χ4n) is 1.01. The second-order valence-electron chi connectivity index (χ2n) is 2.63. The fourth-order valence-corrected chi connectivity index (χ4v) is 1.65. The summed E-state index contributed by atoms with van der Waals surface area (Å²) in [5, 5.41) is 2.75.